The number of hydrogen-bond acceptors (Lipinski definition) is 5. The summed E-state index contributed by atoms with van der Waals surface area (Å²) in [6.07, 6.45) is 0.872. The summed E-state index contributed by atoms with van der Waals surface area (Å²) in [5.74, 6) is -1.29. The lowest BCUT2D eigenvalue weighted by Gasteiger charge is -2.27. The number of para-hydroxylation sites is 1. The number of nitrogens with zero attached hydrogens (tertiary/aromatic N) is 1. The summed E-state index contributed by atoms with van der Waals surface area (Å²) in [5, 5.41) is 20.7. The third-order valence-electron chi connectivity index (χ3n) is 4.42. The van der Waals surface area contributed by atoms with Gasteiger partial charge in [-0.25, -0.2) is 0 Å². The Labute approximate surface area is 160 Å². The van der Waals surface area contributed by atoms with Crippen LogP contribution in [0.25, 0.3) is 0 Å². The Hall–Kier alpha value is -2.34. The maximum atomic E-state index is 12.8. The van der Waals surface area contributed by atoms with Crippen molar-refractivity contribution >= 4 is 11.7 Å². The maximum absolute atomic E-state index is 12.8. The van der Waals surface area contributed by atoms with Crippen LogP contribution in [0.2, 0.25) is 0 Å². The molecule has 2 N–H and O–H groups in total. The van der Waals surface area contributed by atoms with Crippen molar-refractivity contribution in [2.45, 2.75) is 52.7 Å². The Morgan fingerprint density at radius 3 is 2.44 bits per heavy atom. The smallest absolute Gasteiger partial charge is 0.290 e. The van der Waals surface area contributed by atoms with Crippen molar-refractivity contribution in [2.75, 3.05) is 13.2 Å². The number of hydrogen-bond donors (Lipinski definition) is 2. The van der Waals surface area contributed by atoms with Crippen molar-refractivity contribution in [3.63, 3.8) is 0 Å². The number of phenolic OH excluding ortho intramolecular Hbond substituents is 1. The van der Waals surface area contributed by atoms with Crippen LogP contribution in [0.15, 0.2) is 35.6 Å². The molecule has 0 bridgehead atoms. The second-order valence-corrected chi connectivity index (χ2v) is 7.52. The first kappa shape index (κ1) is 21.0. The third-order valence-corrected chi connectivity index (χ3v) is 4.42. The number of phenols is 1. The molecule has 2 rings (SSSR count). The number of aromatic hydroxyl groups is 1. The first-order valence-corrected chi connectivity index (χ1v) is 9.40. The fourth-order valence-corrected chi connectivity index (χ4v) is 3.25. The van der Waals surface area contributed by atoms with Gasteiger partial charge in [0, 0.05) is 25.1 Å². The van der Waals surface area contributed by atoms with Gasteiger partial charge in [-0.1, -0.05) is 32.0 Å². The quantitative estimate of drug-likeness (QED) is 0.645. The van der Waals surface area contributed by atoms with Crippen molar-refractivity contribution in [1.82, 2.24) is 4.90 Å². The number of Topliss-reactive ketones (excluding diaryl/α,β-unsaturated/α-hetero) is 1. The predicted molar refractivity (Wildman–Crippen MR) is 102 cm³/mol. The van der Waals surface area contributed by atoms with Gasteiger partial charge < -0.3 is 19.8 Å². The zero-order chi connectivity index (χ0) is 20.1. The molecule has 1 atom stereocenters. The van der Waals surface area contributed by atoms with Gasteiger partial charge >= 0.3 is 0 Å². The largest absolute Gasteiger partial charge is 0.508 e. The number of amides is 1. The van der Waals surface area contributed by atoms with Crippen LogP contribution in [-0.2, 0) is 14.3 Å². The maximum Gasteiger partial charge on any atom is 0.290 e. The standard InChI is InChI=1S/C21H29NO5/c1-13(2)12-17(24)18-19(15-8-5-6-9-16(15)23)22(21(26)20(18)25)10-7-11-27-14(3)4/h5-6,8-9,13-14,19,23,25H,7,10-12H2,1-4H3. The molecule has 0 aromatic heterocycles. The van der Waals surface area contributed by atoms with Crippen LogP contribution >= 0.6 is 0 Å². The highest BCUT2D eigenvalue weighted by Crippen LogP contribution is 2.41. The van der Waals surface area contributed by atoms with E-state index in [1.54, 1.807) is 18.2 Å². The molecule has 0 saturated heterocycles. The van der Waals surface area contributed by atoms with Crippen LogP contribution in [0, 0.1) is 5.92 Å². The van der Waals surface area contributed by atoms with Crippen LogP contribution in [0.1, 0.15) is 52.1 Å². The molecule has 1 aliphatic heterocycles. The highest BCUT2D eigenvalue weighted by Gasteiger charge is 2.43. The number of ether oxygens (including phenoxy) is 1. The molecule has 0 aliphatic carbocycles. The van der Waals surface area contributed by atoms with Gasteiger partial charge in [0.25, 0.3) is 5.91 Å². The average molecular weight is 375 g/mol. The SMILES string of the molecule is CC(C)CC(=O)C1=C(O)C(=O)N(CCCOC(C)C)C1c1ccccc1O. The summed E-state index contributed by atoms with van der Waals surface area (Å²) in [7, 11) is 0. The second-order valence-electron chi connectivity index (χ2n) is 7.52. The van der Waals surface area contributed by atoms with Crippen LogP contribution in [0.3, 0.4) is 0 Å². The van der Waals surface area contributed by atoms with E-state index in [1.807, 2.05) is 27.7 Å². The van der Waals surface area contributed by atoms with Gasteiger partial charge in [0.1, 0.15) is 5.75 Å². The normalized spacial score (nSPS) is 17.5. The lowest BCUT2D eigenvalue weighted by Crippen LogP contribution is -2.33. The van der Waals surface area contributed by atoms with Gasteiger partial charge in [-0.15, -0.1) is 0 Å². The summed E-state index contributed by atoms with van der Waals surface area (Å²) < 4.78 is 5.52. The van der Waals surface area contributed by atoms with E-state index in [2.05, 4.69) is 0 Å². The predicted octanol–water partition coefficient (Wildman–Crippen LogP) is 3.52. The molecule has 1 unspecified atom stereocenters. The number of carbonyl (C=O) groups excluding carboxylic acids is 2. The van der Waals surface area contributed by atoms with Crippen molar-refractivity contribution in [3.8, 4) is 5.75 Å². The molecule has 6 nitrogen and oxygen atoms in total. The summed E-state index contributed by atoms with van der Waals surface area (Å²) in [6.45, 7) is 8.45. The van der Waals surface area contributed by atoms with Gasteiger partial charge in [-0.2, -0.15) is 0 Å². The first-order valence-electron chi connectivity index (χ1n) is 9.40. The van der Waals surface area contributed by atoms with E-state index in [1.165, 1.54) is 11.0 Å². The van der Waals surface area contributed by atoms with Gasteiger partial charge in [0.05, 0.1) is 17.7 Å². The fourth-order valence-electron chi connectivity index (χ4n) is 3.25. The molecular formula is C21H29NO5. The monoisotopic (exact) mass is 375 g/mol. The van der Waals surface area contributed by atoms with Gasteiger partial charge in [-0.05, 0) is 32.3 Å². The van der Waals surface area contributed by atoms with E-state index in [0.29, 0.717) is 25.1 Å². The molecule has 1 amide bonds. The van der Waals surface area contributed by atoms with Crippen molar-refractivity contribution < 1.29 is 24.5 Å². The fraction of sp³-hybridized carbons (Fsp3) is 0.524. The van der Waals surface area contributed by atoms with E-state index in [4.69, 9.17) is 4.74 Å². The number of rotatable bonds is 9. The summed E-state index contributed by atoms with van der Waals surface area (Å²) in [5.41, 5.74) is 0.506. The molecule has 0 spiro atoms. The van der Waals surface area contributed by atoms with E-state index < -0.39 is 17.7 Å². The van der Waals surface area contributed by atoms with Crippen LogP contribution < -0.4 is 0 Å². The Bertz CT molecular complexity index is 723. The molecule has 1 aliphatic rings. The second kappa shape index (κ2) is 9.04. The number of aliphatic hydroxyl groups is 1. The summed E-state index contributed by atoms with van der Waals surface area (Å²) >= 11 is 0. The van der Waals surface area contributed by atoms with Crippen LogP contribution in [-0.4, -0.2) is 46.1 Å². The molecule has 1 aromatic carbocycles. The molecule has 1 heterocycles. The molecule has 148 valence electrons. The highest BCUT2D eigenvalue weighted by atomic mass is 16.5. The van der Waals surface area contributed by atoms with Crippen molar-refractivity contribution in [1.29, 1.82) is 0 Å². The highest BCUT2D eigenvalue weighted by molar-refractivity contribution is 6.09. The Morgan fingerprint density at radius 2 is 1.85 bits per heavy atom. The molecule has 27 heavy (non-hydrogen) atoms. The number of aliphatic hydroxyl groups excluding tert-OH is 1. The minimum absolute atomic E-state index is 0.0109. The lowest BCUT2D eigenvalue weighted by molar-refractivity contribution is -0.129. The Morgan fingerprint density at radius 1 is 1.19 bits per heavy atom. The topological polar surface area (TPSA) is 87.1 Å². The Balaban J connectivity index is 2.35. The Kier molecular flexibility index (Phi) is 7.02. The number of ketones is 1. The molecular weight excluding hydrogens is 346 g/mol. The zero-order valence-electron chi connectivity index (χ0n) is 16.4. The van der Waals surface area contributed by atoms with Crippen molar-refractivity contribution in [2.24, 2.45) is 5.92 Å². The van der Waals surface area contributed by atoms with E-state index in [-0.39, 0.29) is 35.5 Å². The summed E-state index contributed by atoms with van der Waals surface area (Å²) in [6, 6.07) is 5.81. The summed E-state index contributed by atoms with van der Waals surface area (Å²) in [4.78, 5) is 26.9. The van der Waals surface area contributed by atoms with Gasteiger partial charge in [0.2, 0.25) is 0 Å². The molecule has 0 saturated carbocycles. The van der Waals surface area contributed by atoms with E-state index >= 15 is 0 Å². The van der Waals surface area contributed by atoms with Crippen molar-refractivity contribution in [3.05, 3.63) is 41.2 Å². The lowest BCUT2D eigenvalue weighted by atomic mass is 9.91. The third kappa shape index (κ3) is 4.89. The van der Waals surface area contributed by atoms with E-state index in [9.17, 15) is 19.8 Å². The first-order chi connectivity index (χ1) is 12.7. The van der Waals surface area contributed by atoms with Gasteiger partial charge in [-0.3, -0.25) is 9.59 Å². The average Bonchev–Trinajstić information content (AvgIpc) is 2.83. The minimum Gasteiger partial charge on any atom is -0.508 e. The van der Waals surface area contributed by atoms with Crippen LogP contribution in [0.4, 0.5) is 0 Å². The number of carbonyl (C=O) groups is 2. The molecule has 0 radical (unpaired) electrons. The molecule has 1 aromatic rings. The van der Waals surface area contributed by atoms with Gasteiger partial charge in [0.15, 0.2) is 11.5 Å². The number of benzene rings is 1. The molecule has 6 heteroatoms. The molecule has 0 fully saturated rings. The van der Waals surface area contributed by atoms with E-state index in [0.717, 1.165) is 0 Å². The van der Waals surface area contributed by atoms with Crippen LogP contribution in [0.5, 0.6) is 5.75 Å². The minimum atomic E-state index is -0.788. The zero-order valence-corrected chi connectivity index (χ0v) is 16.4.